The number of rotatable bonds is 66. The van der Waals surface area contributed by atoms with Crippen molar-refractivity contribution in [3.8, 4) is 6.19 Å². The zero-order valence-corrected chi connectivity index (χ0v) is 60.9. The molecule has 0 rings (SSSR count). The van der Waals surface area contributed by atoms with Gasteiger partial charge in [0.25, 0.3) is 0 Å². The predicted octanol–water partition coefficient (Wildman–Crippen LogP) is 24.7. The average molecular weight is 1900 g/mol. The summed E-state index contributed by atoms with van der Waals surface area (Å²) in [7, 11) is 0. The Hall–Kier alpha value is -27.3. The number of nitrogens with one attached hydrogen (secondary N) is 1. The molecule has 0 fully saturated rings. The maximum absolute atomic E-state index is 8.04. The molecule has 0 unspecified atom stereocenters. The summed E-state index contributed by atoms with van der Waals surface area (Å²) in [5.74, 6) is 0. The summed E-state index contributed by atoms with van der Waals surface area (Å²) in [6.45, 7) is 0. The predicted molar refractivity (Wildman–Crippen MR) is 331 cm³/mol. The van der Waals surface area contributed by atoms with E-state index in [0.29, 0.717) is 0 Å². The van der Waals surface area contributed by atoms with Gasteiger partial charge in [0, 0.05) is 606 Å². The van der Waals surface area contributed by atoms with Crippen molar-refractivity contribution in [3.05, 3.63) is 0 Å². The summed E-state index contributed by atoms with van der Waals surface area (Å²) >= 11 is 0. The molecule has 135 heteroatoms. The van der Waals surface area contributed by atoms with E-state index in [1.54, 1.807) is 0 Å². The lowest BCUT2D eigenvalue weighted by atomic mass is 11.5. The van der Waals surface area contributed by atoms with Gasteiger partial charge in [0.05, 0.1) is 0 Å². The zero-order valence-electron chi connectivity index (χ0n) is 60.9. The van der Waals surface area contributed by atoms with Crippen LogP contribution in [-0.4, -0.2) is 0 Å². The Kier molecular flexibility index (Phi) is 86.1. The van der Waals surface area contributed by atoms with Crippen LogP contribution >= 0.6 is 0 Å². The maximum atomic E-state index is 8.04. The second-order valence-corrected chi connectivity index (χ2v) is 12.0. The minimum Gasteiger partial charge on any atom is -0.183 e. The van der Waals surface area contributed by atoms with E-state index in [0.717, 1.165) is 0 Å². The number of nitriles is 1. The topological polar surface area (TPSA) is 1690 Å². The van der Waals surface area contributed by atoms with Crippen LogP contribution in [0.3, 0.4) is 0 Å². The third-order valence-electron chi connectivity index (χ3n) is 5.33. The fourth-order valence-electron chi connectivity index (χ4n) is 2.37. The molecule has 0 aromatic heterocycles. The van der Waals surface area contributed by atoms with Crippen molar-refractivity contribution in [1.29, 1.82) is 10.8 Å². The minimum atomic E-state index is 1.31. The van der Waals surface area contributed by atoms with Crippen molar-refractivity contribution in [1.82, 2.24) is 0 Å². The summed E-state index contributed by atoms with van der Waals surface area (Å²) in [6, 6.07) is 0. The lowest BCUT2D eigenvalue weighted by molar-refractivity contribution is 0.722. The Morgan fingerprint density at radius 1 is 0.0735 bits per heavy atom. The molecule has 0 radical (unpaired) electrons. The van der Waals surface area contributed by atoms with Gasteiger partial charge in [-0.3, -0.25) is 0 Å². The van der Waals surface area contributed by atoms with Crippen LogP contribution in [0.25, 0.3) is 0 Å². The van der Waals surface area contributed by atoms with Crippen molar-refractivity contribution in [2.75, 3.05) is 0 Å². The highest BCUT2D eigenvalue weighted by atomic mass is 15.8. The van der Waals surface area contributed by atoms with E-state index in [1.807, 2.05) is 0 Å². The Balaban J connectivity index is 4.14. The van der Waals surface area contributed by atoms with E-state index in [4.69, 9.17) is 10.8 Å². The number of nitrogens with zero attached hydrogens (tertiary/aromatic N) is 134. The number of hydrogen-bond donors (Lipinski definition) is 1. The molecule has 0 saturated heterocycles. The van der Waals surface area contributed by atoms with Gasteiger partial charge in [0.1, 0.15) is 0 Å². The molecule has 0 aromatic rings. The second-order valence-electron chi connectivity index (χ2n) is 12.0. The standard InChI is InChI=1S/CHN135/c2-1-4-6-8-10-12-14-16-18-20-22-24-26-28-30-32-34-36-38-40-42-44-46-48-50-52-54-56-58-60-62-64-66-68-70-72-74-76-78-80-82-84-86-88-90-92-94-96-98-100-102-104-106-108-110-112-114-116-118-120-122-124-126-128-130-132-134-136-135-133-131-129-127-125-123-121-119-117-115-113-111-109-107-105-103-101-99-97-95-93-91-89-87-85-83-81-79-77-75-73-71-69-67-65-63-61-59-57-55-53-51-49-47-45-43-41-39-37-35-33-31-29-27-25-23-21-19-17-15-13-11-9-7-5-3/h3H/b5-3?,6-4+,9-7+,10-8+,13-11+,14-12+,17-15+,18-16+,21-19+,22-20+,25-23+,26-24+,29-27+,30-28+,33-31+,34-32+,37-35+,38-36+,41-39+,42-40+,45-43+,46-44+,49-47+,50-48+,53-51+,54-52+,57-55+,58-56+,61-59+,62-60+,65-63+,66-64+,69-67+,70-68+,73-71+,74-72+,77-75+,78-76+,81-79+,82-80+,85-83+,86-84+,89-87+,90-88+,93-91+,94-92+,97-95+,98-96+,101-99+,102-100+,105-103+,106-104+,109-107+,110-108+,113-111+,114-112+,117-115+,118-116+,121-119+,122-120+,125-123+,126-124+,129-127+,130-128+,133-131+,134-132+,136-135+. The van der Waals surface area contributed by atoms with Gasteiger partial charge in [-0.25, -0.2) is 0 Å². The summed E-state index contributed by atoms with van der Waals surface area (Å²) in [5, 5.41) is 405. The fourth-order valence-corrected chi connectivity index (χ4v) is 2.37. The summed E-state index contributed by atoms with van der Waals surface area (Å²) in [6.07, 6.45) is 1.31. The van der Waals surface area contributed by atoms with Gasteiger partial charge < -0.3 is 0 Å². The van der Waals surface area contributed by atoms with Gasteiger partial charge in [0.15, 0.2) is 0 Å². The van der Waals surface area contributed by atoms with Crippen LogP contribution in [0, 0.1) is 17.0 Å². The van der Waals surface area contributed by atoms with Crippen LogP contribution in [-0.2, 0) is 0 Å². The highest BCUT2D eigenvalue weighted by Gasteiger charge is 1.84. The summed E-state index contributed by atoms with van der Waals surface area (Å²) < 4.78 is 0. The largest absolute Gasteiger partial charge is 0.227 e. The lowest BCUT2D eigenvalue weighted by Gasteiger charge is -1.71. The molecule has 0 aliphatic rings. The molecule has 0 heterocycles. The highest BCUT2D eigenvalue weighted by molar-refractivity contribution is 4.56. The van der Waals surface area contributed by atoms with Crippen LogP contribution in [0.4, 0.5) is 0 Å². The monoisotopic (exact) mass is 1900 g/mol. The Labute approximate surface area is 711 Å². The van der Waals surface area contributed by atoms with Crippen molar-refractivity contribution in [3.63, 3.8) is 0 Å². The van der Waals surface area contributed by atoms with Crippen LogP contribution < -0.4 is 0 Å². The quantitative estimate of drug-likeness (QED) is 0.0346. The first-order valence-electron chi connectivity index (χ1n) is 27.1. The van der Waals surface area contributed by atoms with Gasteiger partial charge in [-0.1, -0.05) is 0 Å². The van der Waals surface area contributed by atoms with E-state index in [1.165, 1.54) is 6.19 Å². The smallest absolute Gasteiger partial charge is 0.183 e. The van der Waals surface area contributed by atoms with E-state index < -0.39 is 0 Å². The molecular weight excluding hydrogens is 1900 g/mol. The van der Waals surface area contributed by atoms with E-state index >= 15 is 0 Å². The van der Waals surface area contributed by atoms with Crippen molar-refractivity contribution in [2.45, 2.75) is 0 Å². The molecule has 136 heavy (non-hydrogen) atoms. The fraction of sp³-hybridized carbons (Fsp3) is 0. The van der Waals surface area contributed by atoms with Gasteiger partial charge in [-0.05, 0) is 88.7 Å². The number of hydrogen-bond acceptors (Lipinski definition) is 3. The third-order valence-corrected chi connectivity index (χ3v) is 5.33. The molecule has 1 N–H and O–H groups in total. The molecule has 0 spiro atoms. The first-order valence-corrected chi connectivity index (χ1v) is 27.1. The third kappa shape index (κ3) is 107. The Bertz CT molecular complexity index is 5020. The highest BCUT2D eigenvalue weighted by Crippen LogP contribution is 2.02. The Morgan fingerprint density at radius 2 is 0.118 bits per heavy atom. The van der Waals surface area contributed by atoms with Gasteiger partial charge >= 0.3 is 0 Å². The molecule has 0 bridgehead atoms. The van der Waals surface area contributed by atoms with Crippen molar-refractivity contribution in [2.24, 2.45) is 695 Å². The lowest BCUT2D eigenvalue weighted by Crippen LogP contribution is -1.52. The molecule has 0 amide bonds. The van der Waals surface area contributed by atoms with Crippen LogP contribution in [0.2, 0.25) is 0 Å². The first kappa shape index (κ1) is 109. The SMILES string of the molecule is N#C/N=N/N=N/N=N/N=N/N=N/N=N/N=N/N=N/N=N/N=N/N=N/N=N/N=N/N=N/N=N/N=N/N=N/N=N/N=N/N=N/N=N/N=N/N=N/N=N/N=N/N=N/N=N/N=N/N=N/N=N/N=N/N=N/N=N/N=N/N=N/N=N/N=N/N=N/N=N/N=N/N=N/N=N/N=N/N=N/N=N/N=N/N=N/N=N/N=N/N=N/N=N/N=N/N=N/N=N/N=N/N=N/N=N/N=N/N=N/N=N/N=N/N=N/N=N/N=N/N=N/N=N/N=N. The van der Waals surface area contributed by atoms with E-state index in [-0.39, 0.29) is 0 Å². The normalized spacial score (nSPS) is 15.6. The summed E-state index contributed by atoms with van der Waals surface area (Å²) in [4.78, 5) is 0. The maximum Gasteiger partial charge on any atom is 0.227 e. The second kappa shape index (κ2) is 108. The molecule has 0 aromatic carbocycles. The van der Waals surface area contributed by atoms with Crippen molar-refractivity contribution < 1.29 is 0 Å². The van der Waals surface area contributed by atoms with E-state index in [2.05, 4.69) is 695 Å². The van der Waals surface area contributed by atoms with Gasteiger partial charge in [-0.15, -0.1) is 0 Å². The Morgan fingerprint density at radius 3 is 0.162 bits per heavy atom. The molecule has 0 aliphatic carbocycles. The zero-order chi connectivity index (χ0) is 96.8. The molecule has 0 aliphatic heterocycles. The molecule has 135 nitrogen and oxygen atoms in total. The van der Waals surface area contributed by atoms with Crippen LogP contribution in [0.5, 0.6) is 0 Å². The van der Waals surface area contributed by atoms with Gasteiger partial charge in [-0.2, -0.15) is 10.8 Å². The van der Waals surface area contributed by atoms with Crippen LogP contribution in [0.15, 0.2) is 695 Å². The molecular formula is CHN135. The molecule has 0 atom stereocenters. The summed E-state index contributed by atoms with van der Waals surface area (Å²) in [5.41, 5.74) is 6.28. The first-order chi connectivity index (χ1) is 67.9. The van der Waals surface area contributed by atoms with Crippen molar-refractivity contribution >= 4 is 0 Å². The van der Waals surface area contributed by atoms with Gasteiger partial charge in [0.2, 0.25) is 6.19 Å². The average Bonchev–Trinajstić information content (AvgIpc) is 1.10. The minimum absolute atomic E-state index is 1.31. The van der Waals surface area contributed by atoms with E-state index in [9.17, 15) is 0 Å². The van der Waals surface area contributed by atoms with Crippen LogP contribution in [0.1, 0.15) is 0 Å². The molecule has 0 saturated carbocycles. The molecule has 680 valence electrons.